The molecule has 0 bridgehead atoms. The minimum absolute atomic E-state index is 0.138. The van der Waals surface area contributed by atoms with Crippen molar-refractivity contribution < 1.29 is 4.79 Å². The molecule has 8 nitrogen and oxygen atoms in total. The molecule has 0 fully saturated rings. The molecule has 1 N–H and O–H groups in total. The van der Waals surface area contributed by atoms with Crippen LogP contribution in [0, 0.1) is 6.92 Å². The first kappa shape index (κ1) is 19.5. The molecule has 0 aliphatic carbocycles. The quantitative estimate of drug-likeness (QED) is 0.480. The molecule has 1 aromatic carbocycles. The van der Waals surface area contributed by atoms with Crippen molar-refractivity contribution in [3.63, 3.8) is 0 Å². The Labute approximate surface area is 178 Å². The number of thiazole rings is 1. The van der Waals surface area contributed by atoms with Crippen molar-refractivity contribution >= 4 is 49.3 Å². The molecule has 0 aliphatic heterocycles. The molecule has 0 aliphatic rings. The number of aromatic nitrogens is 5. The second-order valence-corrected chi connectivity index (χ2v) is 8.60. The number of aryl methyl sites for hydroxylation is 3. The Kier molecular flexibility index (Phi) is 5.29. The number of anilines is 1. The summed E-state index contributed by atoms with van der Waals surface area (Å²) in [5.74, 6) is -0.209. The summed E-state index contributed by atoms with van der Waals surface area (Å²) < 4.78 is 3.96. The highest BCUT2D eigenvalue weighted by Gasteiger charge is 2.13. The molecule has 0 unspecified atom stereocenters. The molecule has 4 aromatic rings. The van der Waals surface area contributed by atoms with Gasteiger partial charge in [0.05, 0.1) is 18.2 Å². The number of hydrogen-bond acceptors (Lipinski definition) is 6. The van der Waals surface area contributed by atoms with E-state index in [4.69, 9.17) is 0 Å². The molecular formula is C19H17BrN6O2S. The predicted octanol–water partition coefficient (Wildman–Crippen LogP) is 3.35. The molecule has 29 heavy (non-hydrogen) atoms. The Hall–Kier alpha value is -2.85. The van der Waals surface area contributed by atoms with Crippen molar-refractivity contribution in [2.45, 2.75) is 19.9 Å². The standard InChI is InChI=1S/C19H17BrN6O2S/c1-11-16(12-3-5-13(20)6-4-12)24-19(29-11)23-15(27)7-8-26-10-21-17-14(18(26)28)9-22-25(17)2/h3-6,9-10H,7-8H2,1-2H3,(H,23,24,27). The van der Waals surface area contributed by atoms with Crippen molar-refractivity contribution in [3.8, 4) is 11.3 Å². The summed E-state index contributed by atoms with van der Waals surface area (Å²) in [6.07, 6.45) is 3.07. The summed E-state index contributed by atoms with van der Waals surface area (Å²) in [4.78, 5) is 34.6. The second kappa shape index (κ2) is 7.88. The van der Waals surface area contributed by atoms with Gasteiger partial charge < -0.3 is 5.32 Å². The molecule has 0 saturated heterocycles. The van der Waals surface area contributed by atoms with Gasteiger partial charge in [-0.2, -0.15) is 5.10 Å². The van der Waals surface area contributed by atoms with Crippen LogP contribution in [0.5, 0.6) is 0 Å². The third kappa shape index (κ3) is 3.99. The first-order valence-corrected chi connectivity index (χ1v) is 10.4. The summed E-state index contributed by atoms with van der Waals surface area (Å²) in [5.41, 5.74) is 2.15. The second-order valence-electron chi connectivity index (χ2n) is 6.48. The van der Waals surface area contributed by atoms with Crippen molar-refractivity contribution in [3.05, 3.63) is 56.5 Å². The number of carbonyl (C=O) groups is 1. The molecule has 10 heteroatoms. The van der Waals surface area contributed by atoms with Crippen LogP contribution in [0.25, 0.3) is 22.3 Å². The van der Waals surface area contributed by atoms with Crippen LogP contribution in [0.4, 0.5) is 5.13 Å². The molecule has 3 heterocycles. The lowest BCUT2D eigenvalue weighted by atomic mass is 10.1. The van der Waals surface area contributed by atoms with Crippen molar-refractivity contribution in [2.24, 2.45) is 7.05 Å². The van der Waals surface area contributed by atoms with E-state index < -0.39 is 0 Å². The summed E-state index contributed by atoms with van der Waals surface area (Å²) in [5, 5.41) is 7.84. The van der Waals surface area contributed by atoms with Crippen LogP contribution in [-0.2, 0) is 18.4 Å². The zero-order valence-electron chi connectivity index (χ0n) is 15.7. The Morgan fingerprint density at radius 1 is 1.28 bits per heavy atom. The number of nitrogens with zero attached hydrogens (tertiary/aromatic N) is 5. The number of carbonyl (C=O) groups excluding carboxylic acids is 1. The van der Waals surface area contributed by atoms with Crippen LogP contribution < -0.4 is 10.9 Å². The zero-order valence-corrected chi connectivity index (χ0v) is 18.1. The molecule has 0 spiro atoms. The van der Waals surface area contributed by atoms with E-state index in [1.54, 1.807) is 11.7 Å². The number of rotatable bonds is 5. The largest absolute Gasteiger partial charge is 0.302 e. The van der Waals surface area contributed by atoms with Crippen LogP contribution in [0.3, 0.4) is 0 Å². The highest BCUT2D eigenvalue weighted by molar-refractivity contribution is 9.10. The van der Waals surface area contributed by atoms with Gasteiger partial charge >= 0.3 is 0 Å². The van der Waals surface area contributed by atoms with E-state index in [-0.39, 0.29) is 24.4 Å². The highest BCUT2D eigenvalue weighted by Crippen LogP contribution is 2.31. The fourth-order valence-corrected chi connectivity index (χ4v) is 4.07. The van der Waals surface area contributed by atoms with E-state index in [9.17, 15) is 9.59 Å². The zero-order chi connectivity index (χ0) is 20.5. The topological polar surface area (TPSA) is 94.7 Å². The molecule has 1 amide bonds. The van der Waals surface area contributed by atoms with Gasteiger partial charge in [0.15, 0.2) is 10.8 Å². The lowest BCUT2D eigenvalue weighted by molar-refractivity contribution is -0.116. The van der Waals surface area contributed by atoms with Crippen molar-refractivity contribution in [1.29, 1.82) is 0 Å². The van der Waals surface area contributed by atoms with Gasteiger partial charge in [-0.3, -0.25) is 18.8 Å². The van der Waals surface area contributed by atoms with Gasteiger partial charge in [-0.25, -0.2) is 9.97 Å². The average molecular weight is 473 g/mol. The number of nitrogens with one attached hydrogen (secondary N) is 1. The van der Waals surface area contributed by atoms with E-state index in [0.717, 1.165) is 20.6 Å². The Morgan fingerprint density at radius 2 is 2.03 bits per heavy atom. The third-order valence-corrected chi connectivity index (χ3v) is 5.87. The SMILES string of the molecule is Cc1sc(NC(=O)CCn2cnc3c(cnn3C)c2=O)nc1-c1ccc(Br)cc1. The fourth-order valence-electron chi connectivity index (χ4n) is 2.96. The number of halogens is 1. The third-order valence-electron chi connectivity index (χ3n) is 4.46. The number of fused-ring (bicyclic) bond motifs is 1. The van der Waals surface area contributed by atoms with Gasteiger partial charge in [0.25, 0.3) is 5.56 Å². The molecule has 3 aromatic heterocycles. The highest BCUT2D eigenvalue weighted by atomic mass is 79.9. The van der Waals surface area contributed by atoms with Crippen LogP contribution in [-0.4, -0.2) is 30.2 Å². The van der Waals surface area contributed by atoms with Gasteiger partial charge in [0.1, 0.15) is 5.39 Å². The maximum atomic E-state index is 12.5. The van der Waals surface area contributed by atoms with Gasteiger partial charge in [0, 0.05) is 34.9 Å². The lowest BCUT2D eigenvalue weighted by Crippen LogP contribution is -2.23. The van der Waals surface area contributed by atoms with E-state index in [1.807, 2.05) is 31.2 Å². The molecule has 4 rings (SSSR count). The number of hydrogen-bond donors (Lipinski definition) is 1. The molecular weight excluding hydrogens is 456 g/mol. The van der Waals surface area contributed by atoms with E-state index >= 15 is 0 Å². The lowest BCUT2D eigenvalue weighted by Gasteiger charge is -2.05. The van der Waals surface area contributed by atoms with E-state index in [1.165, 1.54) is 28.4 Å². The summed E-state index contributed by atoms with van der Waals surface area (Å²) in [7, 11) is 1.73. The Morgan fingerprint density at radius 3 is 2.79 bits per heavy atom. The van der Waals surface area contributed by atoms with E-state index in [2.05, 4.69) is 36.3 Å². The number of benzene rings is 1. The van der Waals surface area contributed by atoms with Crippen LogP contribution in [0.15, 0.2) is 46.1 Å². The normalized spacial score (nSPS) is 11.1. The summed E-state index contributed by atoms with van der Waals surface area (Å²) >= 11 is 4.85. The monoisotopic (exact) mass is 472 g/mol. The van der Waals surface area contributed by atoms with Gasteiger partial charge in [0.2, 0.25) is 5.91 Å². The molecule has 0 atom stereocenters. The summed E-state index contributed by atoms with van der Waals surface area (Å²) in [6.45, 7) is 2.20. The van der Waals surface area contributed by atoms with Crippen LogP contribution in [0.1, 0.15) is 11.3 Å². The number of amides is 1. The van der Waals surface area contributed by atoms with Gasteiger partial charge in [-0.05, 0) is 19.1 Å². The maximum Gasteiger partial charge on any atom is 0.264 e. The maximum absolute atomic E-state index is 12.5. The molecule has 148 valence electrons. The summed E-state index contributed by atoms with van der Waals surface area (Å²) in [6, 6.07) is 7.87. The minimum atomic E-state index is -0.210. The minimum Gasteiger partial charge on any atom is -0.302 e. The van der Waals surface area contributed by atoms with Crippen LogP contribution in [0.2, 0.25) is 0 Å². The smallest absolute Gasteiger partial charge is 0.264 e. The molecule has 0 saturated carbocycles. The first-order chi connectivity index (χ1) is 13.9. The predicted molar refractivity (Wildman–Crippen MR) is 116 cm³/mol. The Balaban J connectivity index is 1.44. The fraction of sp³-hybridized carbons (Fsp3) is 0.211. The van der Waals surface area contributed by atoms with Crippen molar-refractivity contribution in [1.82, 2.24) is 24.3 Å². The first-order valence-electron chi connectivity index (χ1n) is 8.83. The van der Waals surface area contributed by atoms with Crippen molar-refractivity contribution in [2.75, 3.05) is 5.32 Å². The Bertz CT molecular complexity index is 1260. The van der Waals surface area contributed by atoms with Gasteiger partial charge in [-0.15, -0.1) is 11.3 Å². The van der Waals surface area contributed by atoms with Crippen LogP contribution >= 0.6 is 27.3 Å². The molecule has 0 radical (unpaired) electrons. The van der Waals surface area contributed by atoms with Gasteiger partial charge in [-0.1, -0.05) is 28.1 Å². The average Bonchev–Trinajstić information content (AvgIpc) is 3.25. The van der Waals surface area contributed by atoms with E-state index in [0.29, 0.717) is 16.2 Å².